The molecule has 3 nitrogen and oxygen atoms in total. The Labute approximate surface area is 96.9 Å². The Morgan fingerprint density at radius 3 is 2.71 bits per heavy atom. The number of carboxylic acids is 1. The zero-order chi connectivity index (χ0) is 10.6. The predicted octanol–water partition coefficient (Wildman–Crippen LogP) is 1.81. The monoisotopic (exact) mass is 305 g/mol. The van der Waals surface area contributed by atoms with Crippen molar-refractivity contribution in [1.82, 2.24) is 4.90 Å². The van der Waals surface area contributed by atoms with Gasteiger partial charge in [-0.2, -0.15) is 0 Å². The molecule has 1 N–H and O–H groups in total. The molecule has 0 aliphatic heterocycles. The quantitative estimate of drug-likeness (QED) is 0.863. The van der Waals surface area contributed by atoms with E-state index in [1.807, 2.05) is 24.3 Å². The van der Waals surface area contributed by atoms with Gasteiger partial charge in [0.25, 0.3) is 0 Å². The molecule has 0 aliphatic rings. The van der Waals surface area contributed by atoms with Gasteiger partial charge in [-0.05, 0) is 41.3 Å². The molecule has 1 aromatic carbocycles. The van der Waals surface area contributed by atoms with E-state index >= 15 is 0 Å². The van der Waals surface area contributed by atoms with Crippen LogP contribution in [0.25, 0.3) is 0 Å². The van der Waals surface area contributed by atoms with E-state index in [4.69, 9.17) is 5.11 Å². The molecule has 0 atom stereocenters. The van der Waals surface area contributed by atoms with Gasteiger partial charge in [0, 0.05) is 10.1 Å². The van der Waals surface area contributed by atoms with Gasteiger partial charge in [-0.25, -0.2) is 0 Å². The number of halogens is 1. The molecule has 0 spiro atoms. The lowest BCUT2D eigenvalue weighted by Gasteiger charge is -2.14. The Morgan fingerprint density at radius 2 is 2.14 bits per heavy atom. The van der Waals surface area contributed by atoms with Crippen molar-refractivity contribution in [2.75, 3.05) is 13.6 Å². The van der Waals surface area contributed by atoms with Crippen molar-refractivity contribution in [3.63, 3.8) is 0 Å². The highest BCUT2D eigenvalue weighted by molar-refractivity contribution is 14.1. The molecule has 0 unspecified atom stereocenters. The second kappa shape index (κ2) is 5.31. The van der Waals surface area contributed by atoms with Gasteiger partial charge < -0.3 is 5.11 Å². The highest BCUT2D eigenvalue weighted by atomic mass is 127. The maximum Gasteiger partial charge on any atom is 0.317 e. The van der Waals surface area contributed by atoms with Crippen LogP contribution in [0, 0.1) is 3.57 Å². The summed E-state index contributed by atoms with van der Waals surface area (Å²) in [6.45, 7) is 0.746. The predicted molar refractivity (Wildman–Crippen MR) is 63.1 cm³/mol. The third kappa shape index (κ3) is 3.63. The zero-order valence-electron chi connectivity index (χ0n) is 7.90. The minimum Gasteiger partial charge on any atom is -0.480 e. The number of rotatable bonds is 4. The lowest BCUT2D eigenvalue weighted by molar-refractivity contribution is -0.138. The van der Waals surface area contributed by atoms with Crippen molar-refractivity contribution < 1.29 is 9.90 Å². The minimum atomic E-state index is -0.793. The van der Waals surface area contributed by atoms with E-state index in [9.17, 15) is 4.79 Å². The SMILES string of the molecule is CN(CC(=O)O)Cc1ccccc1I. The first-order valence-electron chi connectivity index (χ1n) is 4.23. The van der Waals surface area contributed by atoms with E-state index < -0.39 is 5.97 Å². The van der Waals surface area contributed by atoms with Gasteiger partial charge in [-0.1, -0.05) is 18.2 Å². The Hall–Kier alpha value is -0.620. The molecule has 76 valence electrons. The van der Waals surface area contributed by atoms with E-state index in [2.05, 4.69) is 22.6 Å². The fourth-order valence-electron chi connectivity index (χ4n) is 1.20. The molecule has 0 saturated heterocycles. The number of nitrogens with zero attached hydrogens (tertiary/aromatic N) is 1. The molecule has 0 bridgehead atoms. The van der Waals surface area contributed by atoms with Gasteiger partial charge in [0.2, 0.25) is 0 Å². The number of benzene rings is 1. The number of hydrogen-bond donors (Lipinski definition) is 1. The molecule has 0 radical (unpaired) electrons. The van der Waals surface area contributed by atoms with E-state index in [0.29, 0.717) is 6.54 Å². The molecule has 14 heavy (non-hydrogen) atoms. The molecule has 0 saturated carbocycles. The number of carbonyl (C=O) groups is 1. The third-order valence-electron chi connectivity index (χ3n) is 1.80. The molecule has 0 fully saturated rings. The number of aliphatic carboxylic acids is 1. The van der Waals surface area contributed by atoms with Crippen molar-refractivity contribution in [2.24, 2.45) is 0 Å². The summed E-state index contributed by atoms with van der Waals surface area (Å²) in [5.41, 5.74) is 1.16. The zero-order valence-corrected chi connectivity index (χ0v) is 10.1. The van der Waals surface area contributed by atoms with Gasteiger partial charge in [-0.15, -0.1) is 0 Å². The van der Waals surface area contributed by atoms with E-state index in [0.717, 1.165) is 5.56 Å². The first-order valence-corrected chi connectivity index (χ1v) is 5.31. The third-order valence-corrected chi connectivity index (χ3v) is 2.86. The Kier molecular flexibility index (Phi) is 4.34. The van der Waals surface area contributed by atoms with Crippen LogP contribution in [0.4, 0.5) is 0 Å². The highest BCUT2D eigenvalue weighted by Gasteiger charge is 2.06. The van der Waals surface area contributed by atoms with Crippen LogP contribution in [-0.2, 0) is 11.3 Å². The molecule has 0 amide bonds. The maximum absolute atomic E-state index is 10.4. The molecular formula is C10H12INO2. The van der Waals surface area contributed by atoms with Gasteiger partial charge in [0.15, 0.2) is 0 Å². The lowest BCUT2D eigenvalue weighted by atomic mass is 10.2. The number of carboxylic acid groups (broad SMARTS) is 1. The van der Waals surface area contributed by atoms with Crippen LogP contribution in [0.5, 0.6) is 0 Å². The van der Waals surface area contributed by atoms with Crippen LogP contribution in [0.15, 0.2) is 24.3 Å². The largest absolute Gasteiger partial charge is 0.480 e. The van der Waals surface area contributed by atoms with Crippen LogP contribution < -0.4 is 0 Å². The summed E-state index contributed by atoms with van der Waals surface area (Å²) in [6.07, 6.45) is 0. The average molecular weight is 305 g/mol. The standard InChI is InChI=1S/C10H12INO2/c1-12(7-10(13)14)6-8-4-2-3-5-9(8)11/h2-5H,6-7H2,1H3,(H,13,14). The van der Waals surface area contributed by atoms with Crippen molar-refractivity contribution >= 4 is 28.6 Å². The minimum absolute atomic E-state index is 0.0744. The van der Waals surface area contributed by atoms with E-state index in [1.54, 1.807) is 11.9 Å². The van der Waals surface area contributed by atoms with Crippen LogP contribution in [0.1, 0.15) is 5.56 Å². The summed E-state index contributed by atoms with van der Waals surface area (Å²) in [5.74, 6) is -0.793. The van der Waals surface area contributed by atoms with Gasteiger partial charge in [-0.3, -0.25) is 9.69 Å². The molecular weight excluding hydrogens is 293 g/mol. The number of hydrogen-bond acceptors (Lipinski definition) is 2. The normalized spacial score (nSPS) is 10.5. The summed E-state index contributed by atoms with van der Waals surface area (Å²) in [7, 11) is 1.80. The van der Waals surface area contributed by atoms with Crippen molar-refractivity contribution in [3.8, 4) is 0 Å². The Morgan fingerprint density at radius 1 is 1.50 bits per heavy atom. The molecule has 4 heteroatoms. The summed E-state index contributed by atoms with van der Waals surface area (Å²) < 4.78 is 1.17. The number of likely N-dealkylation sites (N-methyl/N-ethyl adjacent to an activating group) is 1. The van der Waals surface area contributed by atoms with Gasteiger partial charge in [0.1, 0.15) is 0 Å². The first kappa shape index (κ1) is 11.5. The first-order chi connectivity index (χ1) is 6.59. The van der Waals surface area contributed by atoms with Crippen molar-refractivity contribution in [3.05, 3.63) is 33.4 Å². The summed E-state index contributed by atoms with van der Waals surface area (Å²) in [5, 5.41) is 8.59. The molecule has 0 aliphatic carbocycles. The second-order valence-corrected chi connectivity index (χ2v) is 4.32. The van der Waals surface area contributed by atoms with Gasteiger partial charge >= 0.3 is 5.97 Å². The molecule has 1 rings (SSSR count). The van der Waals surface area contributed by atoms with Crippen molar-refractivity contribution in [2.45, 2.75) is 6.54 Å². The van der Waals surface area contributed by atoms with E-state index in [1.165, 1.54) is 3.57 Å². The Bertz CT molecular complexity index is 328. The van der Waals surface area contributed by atoms with Crippen LogP contribution in [0.2, 0.25) is 0 Å². The van der Waals surface area contributed by atoms with Crippen LogP contribution in [-0.4, -0.2) is 29.6 Å². The second-order valence-electron chi connectivity index (χ2n) is 3.16. The smallest absolute Gasteiger partial charge is 0.317 e. The summed E-state index contributed by atoms with van der Waals surface area (Å²) in [4.78, 5) is 12.2. The van der Waals surface area contributed by atoms with E-state index in [-0.39, 0.29) is 6.54 Å². The highest BCUT2D eigenvalue weighted by Crippen LogP contribution is 2.12. The average Bonchev–Trinajstić information content (AvgIpc) is 2.07. The lowest BCUT2D eigenvalue weighted by Crippen LogP contribution is -2.25. The van der Waals surface area contributed by atoms with Crippen molar-refractivity contribution in [1.29, 1.82) is 0 Å². The molecule has 1 aromatic rings. The molecule has 0 aromatic heterocycles. The Balaban J connectivity index is 2.60. The fourth-order valence-corrected chi connectivity index (χ4v) is 1.76. The fraction of sp³-hybridized carbons (Fsp3) is 0.300. The van der Waals surface area contributed by atoms with Crippen LogP contribution in [0.3, 0.4) is 0 Å². The topological polar surface area (TPSA) is 40.5 Å². The maximum atomic E-state index is 10.4. The summed E-state index contributed by atoms with van der Waals surface area (Å²) in [6, 6.07) is 7.97. The van der Waals surface area contributed by atoms with Gasteiger partial charge in [0.05, 0.1) is 6.54 Å². The summed E-state index contributed by atoms with van der Waals surface area (Å²) >= 11 is 2.25. The molecule has 0 heterocycles. The van der Waals surface area contributed by atoms with Crippen LogP contribution >= 0.6 is 22.6 Å².